The quantitative estimate of drug-likeness (QED) is 0.482. The summed E-state index contributed by atoms with van der Waals surface area (Å²) in [6.07, 6.45) is 0.903. The molecule has 0 fully saturated rings. The number of nitrogen functional groups attached to an aromatic ring is 1. The number of aromatic nitrogens is 1. The zero-order valence-corrected chi connectivity index (χ0v) is 8.08. The Morgan fingerprint density at radius 1 is 1.57 bits per heavy atom. The van der Waals surface area contributed by atoms with Gasteiger partial charge in [-0.2, -0.15) is 0 Å². The first-order chi connectivity index (χ1) is 6.77. The molecule has 14 heavy (non-hydrogen) atoms. The fourth-order valence-electron chi connectivity index (χ4n) is 0.971. The van der Waals surface area contributed by atoms with Crippen molar-refractivity contribution >= 4 is 11.7 Å². The zero-order valence-electron chi connectivity index (χ0n) is 8.08. The summed E-state index contributed by atoms with van der Waals surface area (Å²) in [6.45, 7) is 2.65. The first-order valence-electron chi connectivity index (χ1n) is 4.49. The number of pyridine rings is 1. The lowest BCUT2D eigenvalue weighted by Crippen LogP contribution is -2.25. The molecule has 5 nitrogen and oxygen atoms in total. The lowest BCUT2D eigenvalue weighted by molar-refractivity contribution is 0.0949. The van der Waals surface area contributed by atoms with Gasteiger partial charge < -0.3 is 10.7 Å². The SMILES string of the molecule is CCCNC(=O)c1cccc(NN)n1. The fourth-order valence-corrected chi connectivity index (χ4v) is 0.971. The highest BCUT2D eigenvalue weighted by molar-refractivity contribution is 5.92. The van der Waals surface area contributed by atoms with Gasteiger partial charge in [-0.3, -0.25) is 4.79 Å². The Hall–Kier alpha value is -1.62. The molecule has 0 saturated heterocycles. The van der Waals surface area contributed by atoms with Crippen molar-refractivity contribution in [2.75, 3.05) is 12.0 Å². The molecule has 0 bridgehead atoms. The van der Waals surface area contributed by atoms with Gasteiger partial charge in [0.05, 0.1) is 0 Å². The molecule has 76 valence electrons. The molecule has 0 aliphatic heterocycles. The number of carbonyl (C=O) groups is 1. The number of hydrogen-bond acceptors (Lipinski definition) is 4. The molecule has 0 radical (unpaired) electrons. The zero-order chi connectivity index (χ0) is 10.4. The van der Waals surface area contributed by atoms with Crippen LogP contribution in [0.1, 0.15) is 23.8 Å². The number of amides is 1. The normalized spacial score (nSPS) is 9.57. The van der Waals surface area contributed by atoms with E-state index in [0.717, 1.165) is 6.42 Å². The van der Waals surface area contributed by atoms with Gasteiger partial charge >= 0.3 is 0 Å². The molecule has 0 aliphatic rings. The molecule has 4 N–H and O–H groups in total. The van der Waals surface area contributed by atoms with Gasteiger partial charge in [0.25, 0.3) is 5.91 Å². The van der Waals surface area contributed by atoms with Gasteiger partial charge in [0, 0.05) is 6.54 Å². The summed E-state index contributed by atoms with van der Waals surface area (Å²) in [5, 5.41) is 2.73. The predicted molar refractivity (Wildman–Crippen MR) is 54.7 cm³/mol. The van der Waals surface area contributed by atoms with E-state index in [1.807, 2.05) is 6.92 Å². The van der Waals surface area contributed by atoms with Gasteiger partial charge in [0.2, 0.25) is 0 Å². The van der Waals surface area contributed by atoms with Crippen LogP contribution in [0.3, 0.4) is 0 Å². The van der Waals surface area contributed by atoms with Crippen LogP contribution >= 0.6 is 0 Å². The average Bonchev–Trinajstić information content (AvgIpc) is 2.26. The van der Waals surface area contributed by atoms with Gasteiger partial charge in [0.15, 0.2) is 0 Å². The lowest BCUT2D eigenvalue weighted by Gasteiger charge is -2.04. The smallest absolute Gasteiger partial charge is 0.269 e. The van der Waals surface area contributed by atoms with E-state index >= 15 is 0 Å². The summed E-state index contributed by atoms with van der Waals surface area (Å²) in [5.41, 5.74) is 2.76. The third-order valence-electron chi connectivity index (χ3n) is 1.67. The topological polar surface area (TPSA) is 80.0 Å². The van der Waals surface area contributed by atoms with Gasteiger partial charge in [-0.1, -0.05) is 13.0 Å². The molecular formula is C9H14N4O. The maximum Gasteiger partial charge on any atom is 0.269 e. The second-order valence-corrected chi connectivity index (χ2v) is 2.81. The lowest BCUT2D eigenvalue weighted by atomic mass is 10.3. The second kappa shape index (κ2) is 5.18. The Morgan fingerprint density at radius 3 is 3.00 bits per heavy atom. The van der Waals surface area contributed by atoms with E-state index in [1.165, 1.54) is 0 Å². The van der Waals surface area contributed by atoms with E-state index in [4.69, 9.17) is 5.84 Å². The van der Waals surface area contributed by atoms with Crippen molar-refractivity contribution in [2.45, 2.75) is 13.3 Å². The van der Waals surface area contributed by atoms with E-state index in [2.05, 4.69) is 15.7 Å². The monoisotopic (exact) mass is 194 g/mol. The molecule has 0 unspecified atom stereocenters. The van der Waals surface area contributed by atoms with E-state index < -0.39 is 0 Å². The van der Waals surface area contributed by atoms with Crippen molar-refractivity contribution in [3.05, 3.63) is 23.9 Å². The molecule has 1 rings (SSSR count). The van der Waals surface area contributed by atoms with Crippen LogP contribution in [0.25, 0.3) is 0 Å². The number of nitrogens with two attached hydrogens (primary N) is 1. The minimum atomic E-state index is -0.177. The average molecular weight is 194 g/mol. The highest BCUT2D eigenvalue weighted by Gasteiger charge is 2.05. The van der Waals surface area contributed by atoms with Gasteiger partial charge in [-0.05, 0) is 18.6 Å². The van der Waals surface area contributed by atoms with Gasteiger partial charge in [0.1, 0.15) is 11.5 Å². The highest BCUT2D eigenvalue weighted by Crippen LogP contribution is 2.02. The molecular weight excluding hydrogens is 180 g/mol. The van der Waals surface area contributed by atoms with Crippen molar-refractivity contribution in [3.63, 3.8) is 0 Å². The number of nitrogens with one attached hydrogen (secondary N) is 2. The Kier molecular flexibility index (Phi) is 3.87. The van der Waals surface area contributed by atoms with Crippen molar-refractivity contribution in [1.82, 2.24) is 10.3 Å². The summed E-state index contributed by atoms with van der Waals surface area (Å²) >= 11 is 0. The molecule has 0 atom stereocenters. The van der Waals surface area contributed by atoms with Crippen LogP contribution in [0.15, 0.2) is 18.2 Å². The van der Waals surface area contributed by atoms with E-state index in [9.17, 15) is 4.79 Å². The summed E-state index contributed by atoms with van der Waals surface area (Å²) in [5.74, 6) is 5.48. The molecule has 1 aromatic rings. The highest BCUT2D eigenvalue weighted by atomic mass is 16.1. The molecule has 0 aromatic carbocycles. The Morgan fingerprint density at radius 2 is 2.36 bits per heavy atom. The number of carbonyl (C=O) groups excluding carboxylic acids is 1. The molecule has 1 aromatic heterocycles. The van der Waals surface area contributed by atoms with Crippen LogP contribution in [0.4, 0.5) is 5.82 Å². The molecule has 0 aliphatic carbocycles. The second-order valence-electron chi connectivity index (χ2n) is 2.81. The molecule has 5 heteroatoms. The first kappa shape index (κ1) is 10.5. The summed E-state index contributed by atoms with van der Waals surface area (Å²) in [6, 6.07) is 5.06. The maximum atomic E-state index is 11.4. The molecule has 0 spiro atoms. The summed E-state index contributed by atoms with van der Waals surface area (Å²) in [4.78, 5) is 15.4. The Bertz CT molecular complexity index is 313. The molecule has 1 heterocycles. The van der Waals surface area contributed by atoms with E-state index in [1.54, 1.807) is 18.2 Å². The number of nitrogens with zero attached hydrogens (tertiary/aromatic N) is 1. The van der Waals surface area contributed by atoms with Crippen molar-refractivity contribution in [3.8, 4) is 0 Å². The summed E-state index contributed by atoms with van der Waals surface area (Å²) in [7, 11) is 0. The van der Waals surface area contributed by atoms with Crippen LogP contribution in [-0.4, -0.2) is 17.4 Å². The van der Waals surface area contributed by atoms with Gasteiger partial charge in [-0.15, -0.1) is 0 Å². The maximum absolute atomic E-state index is 11.4. The number of anilines is 1. The van der Waals surface area contributed by atoms with Crippen LogP contribution in [0.5, 0.6) is 0 Å². The minimum absolute atomic E-state index is 0.177. The standard InChI is InChI=1S/C9H14N4O/c1-2-6-11-9(14)7-4-3-5-8(12-7)13-10/h3-5H,2,6,10H2,1H3,(H,11,14)(H,12,13). The van der Waals surface area contributed by atoms with Crippen LogP contribution in [-0.2, 0) is 0 Å². The number of rotatable bonds is 4. The Labute approximate surface area is 82.7 Å². The predicted octanol–water partition coefficient (Wildman–Crippen LogP) is 0.507. The minimum Gasteiger partial charge on any atom is -0.351 e. The van der Waals surface area contributed by atoms with Crippen molar-refractivity contribution in [1.29, 1.82) is 0 Å². The molecule has 0 saturated carbocycles. The fraction of sp³-hybridized carbons (Fsp3) is 0.333. The van der Waals surface area contributed by atoms with Crippen LogP contribution in [0.2, 0.25) is 0 Å². The Balaban J connectivity index is 2.69. The number of hydrogen-bond donors (Lipinski definition) is 3. The third kappa shape index (κ3) is 2.70. The van der Waals surface area contributed by atoms with E-state index in [-0.39, 0.29) is 5.91 Å². The summed E-state index contributed by atoms with van der Waals surface area (Å²) < 4.78 is 0. The van der Waals surface area contributed by atoms with Gasteiger partial charge in [-0.25, -0.2) is 10.8 Å². The van der Waals surface area contributed by atoms with Crippen LogP contribution < -0.4 is 16.6 Å². The third-order valence-corrected chi connectivity index (χ3v) is 1.67. The largest absolute Gasteiger partial charge is 0.351 e. The molecule has 1 amide bonds. The van der Waals surface area contributed by atoms with Crippen molar-refractivity contribution in [2.24, 2.45) is 5.84 Å². The van der Waals surface area contributed by atoms with Crippen molar-refractivity contribution < 1.29 is 4.79 Å². The first-order valence-corrected chi connectivity index (χ1v) is 4.49. The van der Waals surface area contributed by atoms with Crippen LogP contribution in [0, 0.1) is 0 Å². The number of hydrazine groups is 1. The van der Waals surface area contributed by atoms with E-state index in [0.29, 0.717) is 18.1 Å².